The Bertz CT molecular complexity index is 628. The lowest BCUT2D eigenvalue weighted by atomic mass is 10.2. The van der Waals surface area contributed by atoms with Gasteiger partial charge in [0.25, 0.3) is 0 Å². The molecule has 0 radical (unpaired) electrons. The van der Waals surface area contributed by atoms with Crippen molar-refractivity contribution in [3.63, 3.8) is 0 Å². The van der Waals surface area contributed by atoms with E-state index in [0.29, 0.717) is 6.07 Å². The van der Waals surface area contributed by atoms with Crippen molar-refractivity contribution in [1.82, 2.24) is 4.31 Å². The molecule has 2 N–H and O–H groups in total. The number of aliphatic hydroxyl groups is 2. The molecule has 0 aliphatic rings. The second kappa shape index (κ2) is 6.89. The number of rotatable bonds is 7. The lowest BCUT2D eigenvalue weighted by Crippen LogP contribution is -2.36. The molecule has 0 heterocycles. The fourth-order valence-electron chi connectivity index (χ4n) is 1.77. The standard InChI is InChI=1S/C11H15FN2O6S/c1-8-6-9(12)10(14(17)18)7-11(8)21(19,20)13(2-4-15)3-5-16/h6-7,15-16H,2-5H2,1H3. The van der Waals surface area contributed by atoms with Gasteiger partial charge in [-0.2, -0.15) is 8.70 Å². The van der Waals surface area contributed by atoms with Crippen molar-refractivity contribution in [1.29, 1.82) is 0 Å². The number of sulfonamides is 1. The molecule has 0 saturated carbocycles. The molecule has 0 fully saturated rings. The summed E-state index contributed by atoms with van der Waals surface area (Å²) in [4.78, 5) is 9.26. The molecule has 0 saturated heterocycles. The third kappa shape index (κ3) is 3.73. The predicted molar refractivity (Wildman–Crippen MR) is 70.7 cm³/mol. The summed E-state index contributed by atoms with van der Waals surface area (Å²) in [5.41, 5.74) is -0.953. The number of aryl methyl sites for hydroxylation is 1. The van der Waals surface area contributed by atoms with Gasteiger partial charge in [-0.15, -0.1) is 0 Å². The van der Waals surface area contributed by atoms with Crippen molar-refractivity contribution in [3.05, 3.63) is 33.6 Å². The highest BCUT2D eigenvalue weighted by molar-refractivity contribution is 7.89. The lowest BCUT2D eigenvalue weighted by Gasteiger charge is -2.21. The van der Waals surface area contributed by atoms with Crippen LogP contribution in [-0.2, 0) is 10.0 Å². The van der Waals surface area contributed by atoms with Gasteiger partial charge < -0.3 is 10.2 Å². The zero-order valence-corrected chi connectivity index (χ0v) is 12.0. The number of hydrogen-bond donors (Lipinski definition) is 2. The van der Waals surface area contributed by atoms with Gasteiger partial charge in [0.2, 0.25) is 15.8 Å². The maximum atomic E-state index is 13.4. The van der Waals surface area contributed by atoms with Crippen molar-refractivity contribution in [2.24, 2.45) is 0 Å². The Hall–Kier alpha value is -1.62. The normalized spacial score (nSPS) is 11.9. The molecule has 0 aromatic heterocycles. The molecule has 0 aliphatic heterocycles. The minimum Gasteiger partial charge on any atom is -0.395 e. The van der Waals surface area contributed by atoms with E-state index in [9.17, 15) is 22.9 Å². The lowest BCUT2D eigenvalue weighted by molar-refractivity contribution is -0.387. The zero-order valence-electron chi connectivity index (χ0n) is 11.2. The first-order valence-electron chi connectivity index (χ1n) is 5.92. The van der Waals surface area contributed by atoms with Gasteiger partial charge in [-0.05, 0) is 18.6 Å². The van der Waals surface area contributed by atoms with Gasteiger partial charge >= 0.3 is 5.69 Å². The molecule has 0 unspecified atom stereocenters. The van der Waals surface area contributed by atoms with Gasteiger partial charge in [-0.3, -0.25) is 10.1 Å². The summed E-state index contributed by atoms with van der Waals surface area (Å²) >= 11 is 0. The number of benzene rings is 1. The number of nitro benzene ring substituents is 1. The van der Waals surface area contributed by atoms with Crippen LogP contribution in [0.2, 0.25) is 0 Å². The smallest absolute Gasteiger partial charge is 0.306 e. The van der Waals surface area contributed by atoms with E-state index in [4.69, 9.17) is 10.2 Å². The van der Waals surface area contributed by atoms with E-state index in [1.165, 1.54) is 6.92 Å². The molecule has 8 nitrogen and oxygen atoms in total. The second-order valence-corrected chi connectivity index (χ2v) is 6.08. The highest BCUT2D eigenvalue weighted by Crippen LogP contribution is 2.27. The van der Waals surface area contributed by atoms with E-state index in [-0.39, 0.29) is 18.7 Å². The molecule has 0 atom stereocenters. The van der Waals surface area contributed by atoms with Crippen LogP contribution in [0, 0.1) is 22.9 Å². The van der Waals surface area contributed by atoms with Crippen LogP contribution in [0.5, 0.6) is 0 Å². The highest BCUT2D eigenvalue weighted by Gasteiger charge is 2.29. The van der Waals surface area contributed by atoms with Crippen LogP contribution in [-0.4, -0.2) is 54.2 Å². The van der Waals surface area contributed by atoms with Crippen molar-refractivity contribution >= 4 is 15.7 Å². The minimum absolute atomic E-state index is 0.000945. The van der Waals surface area contributed by atoms with E-state index >= 15 is 0 Å². The molecular weight excluding hydrogens is 307 g/mol. The number of hydrogen-bond acceptors (Lipinski definition) is 6. The van der Waals surface area contributed by atoms with Crippen molar-refractivity contribution in [2.75, 3.05) is 26.3 Å². The van der Waals surface area contributed by atoms with Crippen LogP contribution in [0.1, 0.15) is 5.56 Å². The van der Waals surface area contributed by atoms with E-state index in [0.717, 1.165) is 10.4 Å². The average molecular weight is 322 g/mol. The van der Waals surface area contributed by atoms with Gasteiger partial charge in [-0.1, -0.05) is 0 Å². The van der Waals surface area contributed by atoms with Crippen LogP contribution >= 0.6 is 0 Å². The first-order chi connectivity index (χ1) is 9.75. The quantitative estimate of drug-likeness (QED) is 0.539. The first kappa shape index (κ1) is 17.4. The summed E-state index contributed by atoms with van der Waals surface area (Å²) in [6.45, 7) is -0.236. The molecule has 1 rings (SSSR count). The molecule has 1 aromatic carbocycles. The number of nitrogens with zero attached hydrogens (tertiary/aromatic N) is 2. The molecule has 1 aromatic rings. The van der Waals surface area contributed by atoms with Crippen LogP contribution in [0.4, 0.5) is 10.1 Å². The summed E-state index contributed by atoms with van der Waals surface area (Å²) in [6, 6.07) is 1.41. The molecule has 10 heteroatoms. The van der Waals surface area contributed by atoms with Gasteiger partial charge in [-0.25, -0.2) is 8.42 Å². The van der Waals surface area contributed by atoms with E-state index < -0.39 is 44.6 Å². The summed E-state index contributed by atoms with van der Waals surface area (Å²) < 4.78 is 39.0. The van der Waals surface area contributed by atoms with E-state index in [2.05, 4.69) is 0 Å². The Balaban J connectivity index is 3.42. The third-order valence-electron chi connectivity index (χ3n) is 2.76. The number of halogens is 1. The predicted octanol–water partition coefficient (Wildman–Crippen LogP) is 0.0176. The Morgan fingerprint density at radius 3 is 2.24 bits per heavy atom. The Kier molecular flexibility index (Phi) is 5.72. The molecule has 0 spiro atoms. The van der Waals surface area contributed by atoms with Gasteiger partial charge in [0.05, 0.1) is 23.0 Å². The Labute approximate surface area is 120 Å². The SMILES string of the molecule is Cc1cc(F)c([N+](=O)[O-])cc1S(=O)(=O)N(CCO)CCO. The molecule has 0 amide bonds. The highest BCUT2D eigenvalue weighted by atomic mass is 32.2. The van der Waals surface area contributed by atoms with Crippen LogP contribution in [0.25, 0.3) is 0 Å². The average Bonchev–Trinajstić information content (AvgIpc) is 2.37. The van der Waals surface area contributed by atoms with Crippen molar-refractivity contribution in [2.45, 2.75) is 11.8 Å². The minimum atomic E-state index is -4.19. The molecule has 0 bridgehead atoms. The molecule has 118 valence electrons. The zero-order chi connectivity index (χ0) is 16.2. The molecule has 0 aliphatic carbocycles. The fourth-order valence-corrected chi connectivity index (χ4v) is 3.42. The maximum Gasteiger partial charge on any atom is 0.306 e. The van der Waals surface area contributed by atoms with E-state index in [1.54, 1.807) is 0 Å². The van der Waals surface area contributed by atoms with Gasteiger partial charge in [0.15, 0.2) is 0 Å². The molecule has 21 heavy (non-hydrogen) atoms. The van der Waals surface area contributed by atoms with Crippen LogP contribution in [0.15, 0.2) is 17.0 Å². The Morgan fingerprint density at radius 2 is 1.81 bits per heavy atom. The fraction of sp³-hybridized carbons (Fsp3) is 0.455. The van der Waals surface area contributed by atoms with Gasteiger partial charge in [0, 0.05) is 19.2 Å². The summed E-state index contributed by atoms with van der Waals surface area (Å²) in [5.74, 6) is -1.13. The number of aliphatic hydroxyl groups excluding tert-OH is 2. The molecular formula is C11H15FN2O6S. The first-order valence-corrected chi connectivity index (χ1v) is 7.36. The monoisotopic (exact) mass is 322 g/mol. The largest absolute Gasteiger partial charge is 0.395 e. The van der Waals surface area contributed by atoms with E-state index in [1.807, 2.05) is 0 Å². The third-order valence-corrected chi connectivity index (χ3v) is 4.80. The maximum absolute atomic E-state index is 13.4. The van der Waals surface area contributed by atoms with Crippen LogP contribution < -0.4 is 0 Å². The van der Waals surface area contributed by atoms with Gasteiger partial charge in [0.1, 0.15) is 0 Å². The summed E-state index contributed by atoms with van der Waals surface area (Å²) in [6.07, 6.45) is 0. The summed E-state index contributed by atoms with van der Waals surface area (Å²) in [7, 11) is -4.19. The number of nitro groups is 1. The summed E-state index contributed by atoms with van der Waals surface area (Å²) in [5, 5.41) is 28.5. The topological polar surface area (TPSA) is 121 Å². The van der Waals surface area contributed by atoms with Crippen molar-refractivity contribution in [3.8, 4) is 0 Å². The second-order valence-electron chi connectivity index (χ2n) is 4.18. The van der Waals surface area contributed by atoms with Crippen LogP contribution in [0.3, 0.4) is 0 Å². The Morgan fingerprint density at radius 1 is 1.29 bits per heavy atom. The van der Waals surface area contributed by atoms with Crippen molar-refractivity contribution < 1.29 is 27.9 Å².